The standard InChI is InChI=1S/C25H34FN3O4S/c1-5-16-27-25(31)20(3)28(18-21-12-14-22(26)15-13-21)24(30)11-8-17-29(34(4,32)33)23-10-7-6-9-19(23)2/h6-7,9-10,12-15,20H,5,8,11,16-18H2,1-4H3,(H,27,31). The third kappa shape index (κ3) is 7.83. The number of benzene rings is 2. The molecule has 0 radical (unpaired) electrons. The van der Waals surface area contributed by atoms with E-state index >= 15 is 0 Å². The van der Waals surface area contributed by atoms with E-state index in [1.54, 1.807) is 31.2 Å². The Hall–Kier alpha value is -2.94. The number of rotatable bonds is 12. The van der Waals surface area contributed by atoms with Crippen molar-refractivity contribution in [3.8, 4) is 0 Å². The fourth-order valence-corrected chi connectivity index (χ4v) is 4.61. The molecule has 0 aliphatic carbocycles. The zero-order valence-corrected chi connectivity index (χ0v) is 21.1. The lowest BCUT2D eigenvalue weighted by atomic mass is 10.1. The predicted molar refractivity (Wildman–Crippen MR) is 132 cm³/mol. The van der Waals surface area contributed by atoms with Gasteiger partial charge in [0.2, 0.25) is 21.8 Å². The summed E-state index contributed by atoms with van der Waals surface area (Å²) in [6.07, 6.45) is 2.25. The van der Waals surface area contributed by atoms with Crippen LogP contribution >= 0.6 is 0 Å². The van der Waals surface area contributed by atoms with Gasteiger partial charge in [-0.2, -0.15) is 0 Å². The molecule has 2 amide bonds. The normalized spacial score (nSPS) is 12.1. The molecule has 7 nitrogen and oxygen atoms in total. The molecule has 1 unspecified atom stereocenters. The van der Waals surface area contributed by atoms with Crippen LogP contribution in [0, 0.1) is 12.7 Å². The summed E-state index contributed by atoms with van der Waals surface area (Å²) in [5.41, 5.74) is 2.09. The Labute approximate surface area is 202 Å². The van der Waals surface area contributed by atoms with Crippen molar-refractivity contribution >= 4 is 27.5 Å². The van der Waals surface area contributed by atoms with Crippen LogP contribution in [0.4, 0.5) is 10.1 Å². The van der Waals surface area contributed by atoms with Crippen LogP contribution in [0.15, 0.2) is 48.5 Å². The summed E-state index contributed by atoms with van der Waals surface area (Å²) in [5.74, 6) is -0.927. The number of hydrogen-bond acceptors (Lipinski definition) is 4. The molecule has 186 valence electrons. The van der Waals surface area contributed by atoms with Gasteiger partial charge in [-0.25, -0.2) is 12.8 Å². The van der Waals surface area contributed by atoms with Crippen molar-refractivity contribution in [2.45, 2.75) is 52.6 Å². The van der Waals surface area contributed by atoms with Crippen LogP contribution in [0.1, 0.15) is 44.2 Å². The third-order valence-corrected chi connectivity index (χ3v) is 6.70. The molecule has 34 heavy (non-hydrogen) atoms. The number of amides is 2. The van der Waals surface area contributed by atoms with Crippen LogP contribution in [0.3, 0.4) is 0 Å². The van der Waals surface area contributed by atoms with Crippen molar-refractivity contribution in [1.29, 1.82) is 0 Å². The van der Waals surface area contributed by atoms with E-state index in [-0.39, 0.29) is 43.6 Å². The maximum atomic E-state index is 13.3. The molecule has 2 aromatic carbocycles. The van der Waals surface area contributed by atoms with Crippen molar-refractivity contribution in [3.05, 3.63) is 65.5 Å². The van der Waals surface area contributed by atoms with E-state index in [1.807, 2.05) is 26.0 Å². The highest BCUT2D eigenvalue weighted by molar-refractivity contribution is 7.92. The Balaban J connectivity index is 2.15. The molecule has 2 rings (SSSR count). The predicted octanol–water partition coefficient (Wildman–Crippen LogP) is 3.62. The molecule has 9 heteroatoms. The van der Waals surface area contributed by atoms with Crippen molar-refractivity contribution in [2.75, 3.05) is 23.7 Å². The summed E-state index contributed by atoms with van der Waals surface area (Å²) in [6.45, 7) is 6.21. The van der Waals surface area contributed by atoms with Crippen LogP contribution in [0.25, 0.3) is 0 Å². The van der Waals surface area contributed by atoms with Gasteiger partial charge in [-0.3, -0.25) is 13.9 Å². The van der Waals surface area contributed by atoms with Crippen LogP contribution in [-0.4, -0.2) is 50.5 Å². The van der Waals surface area contributed by atoms with E-state index < -0.39 is 16.1 Å². The number of halogens is 1. The van der Waals surface area contributed by atoms with Crippen molar-refractivity contribution < 1.29 is 22.4 Å². The highest BCUT2D eigenvalue weighted by atomic mass is 32.2. The highest BCUT2D eigenvalue weighted by Crippen LogP contribution is 2.23. The van der Waals surface area contributed by atoms with Gasteiger partial charge >= 0.3 is 0 Å². The summed E-state index contributed by atoms with van der Waals surface area (Å²) < 4.78 is 39.4. The topological polar surface area (TPSA) is 86.8 Å². The van der Waals surface area contributed by atoms with Crippen LogP contribution in [0.2, 0.25) is 0 Å². The number of nitrogens with one attached hydrogen (secondary N) is 1. The zero-order valence-electron chi connectivity index (χ0n) is 20.3. The average molecular weight is 492 g/mol. The monoisotopic (exact) mass is 491 g/mol. The van der Waals surface area contributed by atoms with E-state index in [9.17, 15) is 22.4 Å². The number of nitrogens with zero attached hydrogens (tertiary/aromatic N) is 2. The summed E-state index contributed by atoms with van der Waals surface area (Å²) in [6, 6.07) is 12.2. The van der Waals surface area contributed by atoms with Gasteiger partial charge in [-0.1, -0.05) is 37.3 Å². The van der Waals surface area contributed by atoms with E-state index in [1.165, 1.54) is 21.3 Å². The molecule has 2 aromatic rings. The van der Waals surface area contributed by atoms with Gasteiger partial charge in [-0.05, 0) is 56.0 Å². The molecule has 0 bridgehead atoms. The first-order valence-electron chi connectivity index (χ1n) is 11.4. The molecule has 0 saturated heterocycles. The number of sulfonamides is 1. The highest BCUT2D eigenvalue weighted by Gasteiger charge is 2.26. The third-order valence-electron chi connectivity index (χ3n) is 5.52. The molecule has 0 saturated carbocycles. The lowest BCUT2D eigenvalue weighted by molar-refractivity contribution is -0.140. The Morgan fingerprint density at radius 3 is 2.32 bits per heavy atom. The summed E-state index contributed by atoms with van der Waals surface area (Å²) in [5, 5.41) is 2.80. The lowest BCUT2D eigenvalue weighted by Crippen LogP contribution is -2.47. The van der Waals surface area contributed by atoms with Gasteiger partial charge in [0.05, 0.1) is 11.9 Å². The fraction of sp³-hybridized carbons (Fsp3) is 0.440. The number of carbonyl (C=O) groups is 2. The van der Waals surface area contributed by atoms with Gasteiger partial charge in [0.1, 0.15) is 11.9 Å². The molecule has 0 spiro atoms. The minimum absolute atomic E-state index is 0.0600. The molecule has 0 fully saturated rings. The molecular weight excluding hydrogens is 457 g/mol. The first-order valence-corrected chi connectivity index (χ1v) is 13.2. The number of para-hydroxylation sites is 1. The Morgan fingerprint density at radius 1 is 1.09 bits per heavy atom. The molecule has 0 aliphatic rings. The van der Waals surface area contributed by atoms with E-state index in [0.717, 1.165) is 18.2 Å². The second-order valence-corrected chi connectivity index (χ2v) is 10.2. The fourth-order valence-electron chi connectivity index (χ4n) is 3.59. The van der Waals surface area contributed by atoms with Crippen molar-refractivity contribution in [2.24, 2.45) is 0 Å². The second kappa shape index (κ2) is 12.5. The number of carbonyl (C=O) groups excluding carboxylic acids is 2. The van der Waals surface area contributed by atoms with Crippen molar-refractivity contribution in [1.82, 2.24) is 10.2 Å². The Morgan fingerprint density at radius 2 is 1.74 bits per heavy atom. The van der Waals surface area contributed by atoms with E-state index in [4.69, 9.17) is 0 Å². The number of aryl methyl sites for hydroxylation is 1. The largest absolute Gasteiger partial charge is 0.354 e. The maximum absolute atomic E-state index is 13.3. The maximum Gasteiger partial charge on any atom is 0.242 e. The van der Waals surface area contributed by atoms with Crippen LogP contribution in [0.5, 0.6) is 0 Å². The Bertz CT molecular complexity index is 1070. The first kappa shape index (κ1) is 27.3. The SMILES string of the molecule is CCCNC(=O)C(C)N(Cc1ccc(F)cc1)C(=O)CCCN(c1ccccc1C)S(C)(=O)=O. The molecule has 0 aliphatic heterocycles. The van der Waals surface area contributed by atoms with Crippen LogP contribution in [-0.2, 0) is 26.2 Å². The van der Waals surface area contributed by atoms with Crippen molar-refractivity contribution in [3.63, 3.8) is 0 Å². The molecule has 0 heterocycles. The number of anilines is 1. The van der Waals surface area contributed by atoms with Gasteiger partial charge in [0.25, 0.3) is 0 Å². The van der Waals surface area contributed by atoms with Gasteiger partial charge < -0.3 is 10.2 Å². The zero-order chi connectivity index (χ0) is 25.3. The molecule has 0 aromatic heterocycles. The van der Waals surface area contributed by atoms with Gasteiger partial charge in [0, 0.05) is 26.1 Å². The summed E-state index contributed by atoms with van der Waals surface area (Å²) in [7, 11) is -3.54. The summed E-state index contributed by atoms with van der Waals surface area (Å²) >= 11 is 0. The van der Waals surface area contributed by atoms with E-state index in [2.05, 4.69) is 5.32 Å². The summed E-state index contributed by atoms with van der Waals surface area (Å²) in [4.78, 5) is 27.2. The minimum atomic E-state index is -3.54. The second-order valence-electron chi connectivity index (χ2n) is 8.34. The van der Waals surface area contributed by atoms with Gasteiger partial charge in [0.15, 0.2) is 0 Å². The Kier molecular flexibility index (Phi) is 10.0. The quantitative estimate of drug-likeness (QED) is 0.491. The van der Waals surface area contributed by atoms with Gasteiger partial charge in [-0.15, -0.1) is 0 Å². The lowest BCUT2D eigenvalue weighted by Gasteiger charge is -2.29. The smallest absolute Gasteiger partial charge is 0.242 e. The molecule has 1 atom stereocenters. The minimum Gasteiger partial charge on any atom is -0.354 e. The molecular formula is C25H34FN3O4S. The van der Waals surface area contributed by atoms with Crippen LogP contribution < -0.4 is 9.62 Å². The number of hydrogen-bond donors (Lipinski definition) is 1. The average Bonchev–Trinajstić information content (AvgIpc) is 2.79. The molecule has 1 N–H and O–H groups in total. The van der Waals surface area contributed by atoms with E-state index in [0.29, 0.717) is 17.8 Å². The first-order chi connectivity index (χ1) is 16.0.